The SMILES string of the molecule is C=C(C)C1CC=C(C)C(=NNC(=O)CNc2cc(Br)c(Br)cc2Br)C1. The van der Waals surface area contributed by atoms with Gasteiger partial charge in [-0.25, -0.2) is 5.43 Å². The normalized spacial score (nSPS) is 18.7. The second-order valence-corrected chi connectivity index (χ2v) is 8.63. The summed E-state index contributed by atoms with van der Waals surface area (Å²) < 4.78 is 2.72. The van der Waals surface area contributed by atoms with Crippen molar-refractivity contribution in [1.82, 2.24) is 5.43 Å². The van der Waals surface area contributed by atoms with Gasteiger partial charge in [-0.05, 0) is 98.1 Å². The van der Waals surface area contributed by atoms with Crippen LogP contribution in [0.4, 0.5) is 5.69 Å². The van der Waals surface area contributed by atoms with Crippen LogP contribution in [0.3, 0.4) is 0 Å². The molecule has 7 heteroatoms. The largest absolute Gasteiger partial charge is 0.375 e. The van der Waals surface area contributed by atoms with E-state index in [-0.39, 0.29) is 12.5 Å². The predicted octanol–water partition coefficient (Wildman–Crippen LogP) is 5.79. The van der Waals surface area contributed by atoms with Gasteiger partial charge in [-0.1, -0.05) is 18.2 Å². The van der Waals surface area contributed by atoms with Crippen molar-refractivity contribution in [3.63, 3.8) is 0 Å². The minimum atomic E-state index is -0.191. The van der Waals surface area contributed by atoms with Gasteiger partial charge in [0.05, 0.1) is 17.9 Å². The standard InChI is InChI=1S/C18H20Br3N3O/c1-10(2)12-5-4-11(3)16(6-12)23-24-18(25)9-22-17-8-14(20)13(19)7-15(17)21/h4,7-8,12,22H,1,5-6,9H2,2-3H3,(H,24,25). The Balaban J connectivity index is 1.94. The van der Waals surface area contributed by atoms with E-state index in [1.165, 1.54) is 0 Å². The number of anilines is 1. The van der Waals surface area contributed by atoms with Crippen molar-refractivity contribution >= 4 is 65.1 Å². The number of amides is 1. The van der Waals surface area contributed by atoms with Crippen molar-refractivity contribution in [3.8, 4) is 0 Å². The van der Waals surface area contributed by atoms with Crippen LogP contribution in [0.25, 0.3) is 0 Å². The number of rotatable bonds is 5. The molecule has 0 aromatic heterocycles. The van der Waals surface area contributed by atoms with E-state index in [0.717, 1.165) is 48.8 Å². The third-order valence-corrected chi connectivity index (χ3v) is 6.57. The number of nitrogens with zero attached hydrogens (tertiary/aromatic N) is 1. The molecular formula is C18H20Br3N3O. The Labute approximate surface area is 173 Å². The van der Waals surface area contributed by atoms with E-state index in [2.05, 4.69) is 76.3 Å². The Morgan fingerprint density at radius 3 is 2.64 bits per heavy atom. The van der Waals surface area contributed by atoms with Crippen molar-refractivity contribution in [2.45, 2.75) is 26.7 Å². The number of halogens is 3. The summed E-state index contributed by atoms with van der Waals surface area (Å²) in [5.41, 5.74) is 6.65. The highest BCUT2D eigenvalue weighted by atomic mass is 79.9. The average molecular weight is 534 g/mol. The van der Waals surface area contributed by atoms with E-state index in [4.69, 9.17) is 0 Å². The third kappa shape index (κ3) is 5.79. The molecule has 0 saturated carbocycles. The molecule has 1 amide bonds. The average Bonchev–Trinajstić information content (AvgIpc) is 2.56. The summed E-state index contributed by atoms with van der Waals surface area (Å²) in [6.45, 7) is 8.22. The van der Waals surface area contributed by atoms with Crippen LogP contribution in [0.2, 0.25) is 0 Å². The minimum absolute atomic E-state index is 0.135. The van der Waals surface area contributed by atoms with Gasteiger partial charge in [0.2, 0.25) is 0 Å². The minimum Gasteiger partial charge on any atom is -0.375 e. The molecule has 0 saturated heterocycles. The maximum atomic E-state index is 12.1. The molecule has 134 valence electrons. The maximum Gasteiger partial charge on any atom is 0.259 e. The molecule has 0 aliphatic heterocycles. The molecule has 0 bridgehead atoms. The van der Waals surface area contributed by atoms with E-state index in [0.29, 0.717) is 5.92 Å². The molecule has 1 aromatic carbocycles. The van der Waals surface area contributed by atoms with E-state index < -0.39 is 0 Å². The number of hydrogen-bond donors (Lipinski definition) is 2. The number of allylic oxidation sites excluding steroid dienone is 3. The first kappa shape index (κ1) is 20.4. The Morgan fingerprint density at radius 1 is 1.28 bits per heavy atom. The van der Waals surface area contributed by atoms with Crippen molar-refractivity contribution in [2.24, 2.45) is 11.0 Å². The van der Waals surface area contributed by atoms with Crippen molar-refractivity contribution in [1.29, 1.82) is 0 Å². The van der Waals surface area contributed by atoms with E-state index in [1.54, 1.807) is 0 Å². The molecule has 1 aliphatic rings. The van der Waals surface area contributed by atoms with Gasteiger partial charge in [-0.2, -0.15) is 5.10 Å². The lowest BCUT2D eigenvalue weighted by molar-refractivity contribution is -0.119. The number of hydrazone groups is 1. The van der Waals surface area contributed by atoms with Crippen molar-refractivity contribution in [2.75, 3.05) is 11.9 Å². The zero-order valence-corrected chi connectivity index (χ0v) is 18.9. The zero-order valence-electron chi connectivity index (χ0n) is 14.1. The van der Waals surface area contributed by atoms with Crippen molar-refractivity contribution in [3.05, 3.63) is 49.4 Å². The van der Waals surface area contributed by atoms with Crippen LogP contribution < -0.4 is 10.7 Å². The molecule has 1 unspecified atom stereocenters. The molecule has 25 heavy (non-hydrogen) atoms. The van der Waals surface area contributed by atoms with Crippen LogP contribution in [-0.2, 0) is 4.79 Å². The fourth-order valence-electron chi connectivity index (χ4n) is 2.43. The number of benzene rings is 1. The van der Waals surface area contributed by atoms with Gasteiger partial charge in [0.25, 0.3) is 5.91 Å². The van der Waals surface area contributed by atoms with Gasteiger partial charge < -0.3 is 5.32 Å². The molecule has 0 heterocycles. The Bertz CT molecular complexity index is 756. The first-order valence-electron chi connectivity index (χ1n) is 7.84. The van der Waals surface area contributed by atoms with Gasteiger partial charge in [-0.3, -0.25) is 4.79 Å². The Morgan fingerprint density at radius 2 is 1.96 bits per heavy atom. The molecule has 1 atom stereocenters. The monoisotopic (exact) mass is 531 g/mol. The Hall–Kier alpha value is -0.920. The number of carbonyl (C=O) groups excluding carboxylic acids is 1. The highest BCUT2D eigenvalue weighted by Gasteiger charge is 2.18. The molecule has 1 aromatic rings. The summed E-state index contributed by atoms with van der Waals surface area (Å²) in [5, 5.41) is 7.40. The molecule has 0 fully saturated rings. The summed E-state index contributed by atoms with van der Waals surface area (Å²) in [7, 11) is 0. The lowest BCUT2D eigenvalue weighted by Crippen LogP contribution is -2.28. The van der Waals surface area contributed by atoms with Crippen LogP contribution in [0, 0.1) is 5.92 Å². The quantitative estimate of drug-likeness (QED) is 0.286. The van der Waals surface area contributed by atoms with Gasteiger partial charge in [0, 0.05) is 13.4 Å². The van der Waals surface area contributed by atoms with Crippen LogP contribution >= 0.6 is 47.8 Å². The van der Waals surface area contributed by atoms with Crippen LogP contribution in [0.15, 0.2) is 54.5 Å². The second-order valence-electron chi connectivity index (χ2n) is 6.06. The summed E-state index contributed by atoms with van der Waals surface area (Å²) in [6, 6.07) is 3.82. The van der Waals surface area contributed by atoms with Crippen LogP contribution in [0.5, 0.6) is 0 Å². The molecule has 0 radical (unpaired) electrons. The van der Waals surface area contributed by atoms with E-state index in [1.807, 2.05) is 26.0 Å². The molecular weight excluding hydrogens is 514 g/mol. The number of carbonyl (C=O) groups is 1. The lowest BCUT2D eigenvalue weighted by Gasteiger charge is -2.22. The maximum absolute atomic E-state index is 12.1. The van der Waals surface area contributed by atoms with E-state index >= 15 is 0 Å². The molecule has 2 rings (SSSR count). The molecule has 0 spiro atoms. The fraction of sp³-hybridized carbons (Fsp3) is 0.333. The summed E-state index contributed by atoms with van der Waals surface area (Å²) in [6.07, 6.45) is 3.96. The Kier molecular flexibility index (Phi) is 7.46. The van der Waals surface area contributed by atoms with E-state index in [9.17, 15) is 4.79 Å². The third-order valence-electron chi connectivity index (χ3n) is 4.07. The second kappa shape index (κ2) is 9.14. The summed E-state index contributed by atoms with van der Waals surface area (Å²) >= 11 is 10.4. The van der Waals surface area contributed by atoms with Gasteiger partial charge in [0.1, 0.15) is 0 Å². The highest BCUT2D eigenvalue weighted by Crippen LogP contribution is 2.32. The highest BCUT2D eigenvalue weighted by molar-refractivity contribution is 9.13. The topological polar surface area (TPSA) is 53.5 Å². The zero-order chi connectivity index (χ0) is 18.6. The van der Waals surface area contributed by atoms with Crippen LogP contribution in [-0.4, -0.2) is 18.2 Å². The molecule has 4 nitrogen and oxygen atoms in total. The summed E-state index contributed by atoms with van der Waals surface area (Å²) in [5.74, 6) is 0.206. The van der Waals surface area contributed by atoms with Gasteiger partial charge in [0.15, 0.2) is 0 Å². The molecule has 2 N–H and O–H groups in total. The number of hydrogen-bond acceptors (Lipinski definition) is 3. The van der Waals surface area contributed by atoms with Crippen molar-refractivity contribution < 1.29 is 4.79 Å². The predicted molar refractivity (Wildman–Crippen MR) is 115 cm³/mol. The first-order valence-corrected chi connectivity index (χ1v) is 10.2. The van der Waals surface area contributed by atoms with Crippen LogP contribution in [0.1, 0.15) is 26.7 Å². The fourth-order valence-corrected chi connectivity index (χ4v) is 3.90. The lowest BCUT2D eigenvalue weighted by atomic mass is 9.85. The summed E-state index contributed by atoms with van der Waals surface area (Å²) in [4.78, 5) is 12.1. The molecule has 1 aliphatic carbocycles. The van der Waals surface area contributed by atoms with Gasteiger partial charge >= 0.3 is 0 Å². The van der Waals surface area contributed by atoms with Gasteiger partial charge in [-0.15, -0.1) is 0 Å². The first-order chi connectivity index (χ1) is 11.8. The number of nitrogens with one attached hydrogen (secondary N) is 2. The smallest absolute Gasteiger partial charge is 0.259 e.